The number of alkyl halides is 3. The number of methoxy groups -OCH3 is 1. The molecule has 4 nitrogen and oxygen atoms in total. The lowest BCUT2D eigenvalue weighted by Crippen LogP contribution is -2.05. The summed E-state index contributed by atoms with van der Waals surface area (Å²) in [6, 6.07) is 6.74. The summed E-state index contributed by atoms with van der Waals surface area (Å²) in [7, 11) is 1.42. The van der Waals surface area contributed by atoms with Crippen LogP contribution in [0.15, 0.2) is 36.5 Å². The summed E-state index contributed by atoms with van der Waals surface area (Å²) in [4.78, 5) is 3.61. The fourth-order valence-corrected chi connectivity index (χ4v) is 1.62. The van der Waals surface area contributed by atoms with E-state index in [9.17, 15) is 13.2 Å². The molecule has 1 aromatic heterocycles. The van der Waals surface area contributed by atoms with E-state index in [0.717, 1.165) is 12.1 Å². The Balaban J connectivity index is 2.22. The Morgan fingerprint density at radius 2 is 1.90 bits per heavy atom. The van der Waals surface area contributed by atoms with Crippen molar-refractivity contribution in [2.45, 2.75) is 12.8 Å². The smallest absolute Gasteiger partial charge is 0.417 e. The van der Waals surface area contributed by atoms with Crippen molar-refractivity contribution in [1.29, 1.82) is 0 Å². The molecule has 0 aliphatic carbocycles. The van der Waals surface area contributed by atoms with Crippen molar-refractivity contribution in [2.75, 3.05) is 7.11 Å². The van der Waals surface area contributed by atoms with Crippen molar-refractivity contribution in [3.05, 3.63) is 47.7 Å². The first-order valence-corrected chi connectivity index (χ1v) is 5.93. The van der Waals surface area contributed by atoms with Crippen molar-refractivity contribution in [3.63, 3.8) is 0 Å². The van der Waals surface area contributed by atoms with Gasteiger partial charge in [0.1, 0.15) is 0 Å². The number of nitrogens with zero attached hydrogens (tertiary/aromatic N) is 1. The SMILES string of the molecule is COc1cc(CO)ccc1Oc1ccc(C(F)(F)F)cn1. The number of pyridine rings is 1. The van der Waals surface area contributed by atoms with Crippen LogP contribution < -0.4 is 9.47 Å². The summed E-state index contributed by atoms with van der Waals surface area (Å²) in [6.45, 7) is -0.158. The zero-order valence-electron chi connectivity index (χ0n) is 11.0. The highest BCUT2D eigenvalue weighted by Crippen LogP contribution is 2.33. The Morgan fingerprint density at radius 3 is 2.43 bits per heavy atom. The van der Waals surface area contributed by atoms with Gasteiger partial charge in [-0.25, -0.2) is 4.98 Å². The van der Waals surface area contributed by atoms with Crippen LogP contribution in [0.2, 0.25) is 0 Å². The summed E-state index contributed by atoms with van der Waals surface area (Å²) in [5, 5.41) is 9.03. The van der Waals surface area contributed by atoms with Crippen molar-refractivity contribution < 1.29 is 27.8 Å². The highest BCUT2D eigenvalue weighted by Gasteiger charge is 2.30. The van der Waals surface area contributed by atoms with Crippen LogP contribution in [-0.4, -0.2) is 17.2 Å². The molecule has 0 fully saturated rings. The number of aromatic nitrogens is 1. The van der Waals surface area contributed by atoms with Gasteiger partial charge in [-0.2, -0.15) is 13.2 Å². The number of hydrogen-bond acceptors (Lipinski definition) is 4. The largest absolute Gasteiger partial charge is 0.493 e. The third-order valence-corrected chi connectivity index (χ3v) is 2.69. The van der Waals surface area contributed by atoms with E-state index in [1.54, 1.807) is 18.2 Å². The number of hydrogen-bond donors (Lipinski definition) is 1. The number of benzene rings is 1. The summed E-state index contributed by atoms with van der Waals surface area (Å²) in [6.07, 6.45) is -3.74. The predicted molar refractivity (Wildman–Crippen MR) is 68.2 cm³/mol. The monoisotopic (exact) mass is 299 g/mol. The lowest BCUT2D eigenvalue weighted by Gasteiger charge is -2.11. The Morgan fingerprint density at radius 1 is 1.14 bits per heavy atom. The van der Waals surface area contributed by atoms with E-state index >= 15 is 0 Å². The molecular formula is C14H12F3NO3. The average Bonchev–Trinajstić information content (AvgIpc) is 2.47. The second-order valence-corrected chi connectivity index (χ2v) is 4.13. The summed E-state index contributed by atoms with van der Waals surface area (Å²) >= 11 is 0. The van der Waals surface area contributed by atoms with Crippen LogP contribution >= 0.6 is 0 Å². The predicted octanol–water partition coefficient (Wildman–Crippen LogP) is 3.39. The van der Waals surface area contributed by atoms with Gasteiger partial charge >= 0.3 is 6.18 Å². The second-order valence-electron chi connectivity index (χ2n) is 4.13. The first-order chi connectivity index (χ1) is 9.94. The van der Waals surface area contributed by atoms with Gasteiger partial charge in [0.25, 0.3) is 0 Å². The number of halogens is 3. The molecule has 0 amide bonds. The first kappa shape index (κ1) is 15.1. The topological polar surface area (TPSA) is 51.6 Å². The molecule has 0 bridgehead atoms. The quantitative estimate of drug-likeness (QED) is 0.940. The molecule has 2 rings (SSSR count). The molecular weight excluding hydrogens is 287 g/mol. The highest BCUT2D eigenvalue weighted by atomic mass is 19.4. The lowest BCUT2D eigenvalue weighted by molar-refractivity contribution is -0.137. The molecule has 0 spiro atoms. The van der Waals surface area contributed by atoms with Crippen LogP contribution in [0.4, 0.5) is 13.2 Å². The van der Waals surface area contributed by atoms with Crippen molar-refractivity contribution in [2.24, 2.45) is 0 Å². The maximum Gasteiger partial charge on any atom is 0.417 e. The number of aliphatic hydroxyl groups excluding tert-OH is 1. The van der Waals surface area contributed by atoms with Gasteiger partial charge < -0.3 is 14.6 Å². The minimum atomic E-state index is -4.44. The van der Waals surface area contributed by atoms with Gasteiger partial charge in [0.05, 0.1) is 19.3 Å². The fourth-order valence-electron chi connectivity index (χ4n) is 1.62. The summed E-state index contributed by atoms with van der Waals surface area (Å²) in [5.74, 6) is 0.656. The lowest BCUT2D eigenvalue weighted by atomic mass is 10.2. The minimum absolute atomic E-state index is 0.0121. The van der Waals surface area contributed by atoms with Gasteiger partial charge in [-0.1, -0.05) is 6.07 Å². The van der Waals surface area contributed by atoms with Crippen molar-refractivity contribution in [1.82, 2.24) is 4.98 Å². The van der Waals surface area contributed by atoms with Crippen molar-refractivity contribution >= 4 is 0 Å². The molecule has 21 heavy (non-hydrogen) atoms. The molecule has 112 valence electrons. The zero-order chi connectivity index (χ0) is 15.5. The Bertz CT molecular complexity index is 612. The van der Waals surface area contributed by atoms with Gasteiger partial charge in [-0.15, -0.1) is 0 Å². The molecule has 0 atom stereocenters. The van der Waals surface area contributed by atoms with Crippen molar-refractivity contribution in [3.8, 4) is 17.4 Å². The van der Waals surface area contributed by atoms with E-state index in [-0.39, 0.29) is 12.5 Å². The third kappa shape index (κ3) is 3.63. The minimum Gasteiger partial charge on any atom is -0.493 e. The van der Waals surface area contributed by atoms with E-state index in [1.807, 2.05) is 0 Å². The highest BCUT2D eigenvalue weighted by molar-refractivity contribution is 5.44. The Labute approximate surface area is 118 Å². The number of rotatable bonds is 4. The van der Waals surface area contributed by atoms with Crippen LogP contribution in [0.1, 0.15) is 11.1 Å². The molecule has 0 saturated heterocycles. The Kier molecular flexibility index (Phi) is 4.32. The molecule has 0 unspecified atom stereocenters. The average molecular weight is 299 g/mol. The molecule has 1 aromatic carbocycles. The zero-order valence-corrected chi connectivity index (χ0v) is 11.0. The van der Waals surface area contributed by atoms with Gasteiger partial charge in [0.2, 0.25) is 5.88 Å². The molecule has 0 aliphatic heterocycles. The molecule has 1 heterocycles. The molecule has 0 saturated carbocycles. The van der Waals surface area contributed by atoms with E-state index in [4.69, 9.17) is 14.6 Å². The Hall–Kier alpha value is -2.28. The molecule has 1 N–H and O–H groups in total. The second kappa shape index (κ2) is 6.01. The van der Waals surface area contributed by atoms with Crippen LogP contribution in [0, 0.1) is 0 Å². The number of ether oxygens (including phenoxy) is 2. The van der Waals surface area contributed by atoms with Crippen LogP contribution in [0.25, 0.3) is 0 Å². The van der Waals surface area contributed by atoms with Gasteiger partial charge in [0.15, 0.2) is 11.5 Å². The molecule has 7 heteroatoms. The van der Waals surface area contributed by atoms with E-state index in [2.05, 4.69) is 4.98 Å². The van der Waals surface area contributed by atoms with Gasteiger partial charge in [-0.05, 0) is 23.8 Å². The van der Waals surface area contributed by atoms with E-state index in [0.29, 0.717) is 23.3 Å². The van der Waals surface area contributed by atoms with Gasteiger partial charge in [-0.3, -0.25) is 0 Å². The van der Waals surface area contributed by atoms with E-state index < -0.39 is 11.7 Å². The third-order valence-electron chi connectivity index (χ3n) is 2.69. The van der Waals surface area contributed by atoms with E-state index in [1.165, 1.54) is 7.11 Å². The number of aliphatic hydroxyl groups is 1. The first-order valence-electron chi connectivity index (χ1n) is 5.93. The molecule has 2 aromatic rings. The van der Waals surface area contributed by atoms with Crippen LogP contribution in [0.3, 0.4) is 0 Å². The van der Waals surface area contributed by atoms with Crippen LogP contribution in [-0.2, 0) is 12.8 Å². The fraction of sp³-hybridized carbons (Fsp3) is 0.214. The normalized spacial score (nSPS) is 11.3. The molecule has 0 radical (unpaired) electrons. The van der Waals surface area contributed by atoms with Gasteiger partial charge in [0, 0.05) is 12.3 Å². The van der Waals surface area contributed by atoms with Crippen LogP contribution in [0.5, 0.6) is 17.4 Å². The maximum atomic E-state index is 12.4. The standard InChI is InChI=1S/C14H12F3NO3/c1-20-12-6-9(8-19)2-4-11(12)21-13-5-3-10(7-18-13)14(15,16)17/h2-7,19H,8H2,1H3. The summed E-state index contributed by atoms with van der Waals surface area (Å²) < 4.78 is 47.7. The molecule has 0 aliphatic rings. The maximum absolute atomic E-state index is 12.4. The summed E-state index contributed by atoms with van der Waals surface area (Å²) in [5.41, 5.74) is -0.225.